The fourth-order valence-corrected chi connectivity index (χ4v) is 7.27. The Balaban J connectivity index is 1.33. The first-order chi connectivity index (χ1) is 29.6. The van der Waals surface area contributed by atoms with Crippen LogP contribution in [0.3, 0.4) is 0 Å². The summed E-state index contributed by atoms with van der Waals surface area (Å²) >= 11 is 0. The molecular formula is C56H48N4. The molecule has 4 nitrogen and oxygen atoms in total. The monoisotopic (exact) mass is 776 g/mol. The zero-order chi connectivity index (χ0) is 41.5. The second kappa shape index (κ2) is 19.9. The fourth-order valence-electron chi connectivity index (χ4n) is 7.27. The van der Waals surface area contributed by atoms with E-state index in [0.29, 0.717) is 6.42 Å². The number of benzene rings is 7. The summed E-state index contributed by atoms with van der Waals surface area (Å²) in [6, 6.07) is 67.8. The second-order valence-corrected chi connectivity index (χ2v) is 13.8. The maximum Gasteiger partial charge on any atom is 0.0463 e. The molecule has 0 spiro atoms. The predicted molar refractivity (Wildman–Crippen MR) is 258 cm³/mol. The molecular weight excluding hydrogens is 729 g/mol. The van der Waals surface area contributed by atoms with Gasteiger partial charge in [-0.15, -0.1) is 12.3 Å². The van der Waals surface area contributed by atoms with Crippen LogP contribution >= 0.6 is 0 Å². The molecule has 0 aromatic heterocycles. The maximum absolute atomic E-state index is 5.69. The molecule has 0 atom stereocenters. The van der Waals surface area contributed by atoms with Crippen LogP contribution in [-0.4, -0.2) is 0 Å². The first-order valence-corrected chi connectivity index (χ1v) is 20.1. The van der Waals surface area contributed by atoms with Gasteiger partial charge < -0.3 is 19.6 Å². The minimum absolute atomic E-state index is 0.496. The number of rotatable bonds is 16. The SMILES string of the molecule is C#CC/C=C(\C=C)N(c1ccccc1)c1ccc(N(c2ccc(N(C(/C=C\C)=C/C=C)c3ccccc3)cc2)c2ccc(N(c3ccccc3)c3ccccc3)cc2)cc1. The molecule has 292 valence electrons. The zero-order valence-electron chi connectivity index (χ0n) is 33.9. The number of hydrogen-bond acceptors (Lipinski definition) is 4. The van der Waals surface area contributed by atoms with E-state index in [4.69, 9.17) is 6.42 Å². The molecule has 0 amide bonds. The van der Waals surface area contributed by atoms with Crippen molar-refractivity contribution in [3.8, 4) is 12.3 Å². The second-order valence-electron chi connectivity index (χ2n) is 13.8. The molecule has 7 aromatic rings. The van der Waals surface area contributed by atoms with Crippen LogP contribution in [0.2, 0.25) is 0 Å². The molecule has 0 bridgehead atoms. The Labute approximate surface area is 355 Å². The van der Waals surface area contributed by atoms with E-state index in [1.165, 1.54) is 0 Å². The lowest BCUT2D eigenvalue weighted by Gasteiger charge is -2.30. The van der Waals surface area contributed by atoms with Crippen LogP contribution < -0.4 is 19.6 Å². The minimum Gasteiger partial charge on any atom is -0.311 e. The van der Waals surface area contributed by atoms with E-state index < -0.39 is 0 Å². The summed E-state index contributed by atoms with van der Waals surface area (Å²) in [5, 5.41) is 0. The quantitative estimate of drug-likeness (QED) is 0.0716. The van der Waals surface area contributed by atoms with Crippen molar-refractivity contribution in [2.45, 2.75) is 13.3 Å². The van der Waals surface area contributed by atoms with Crippen LogP contribution in [0.4, 0.5) is 56.9 Å². The molecule has 0 aliphatic heterocycles. The number of terminal acetylenes is 1. The van der Waals surface area contributed by atoms with Crippen molar-refractivity contribution in [1.82, 2.24) is 0 Å². The predicted octanol–water partition coefficient (Wildman–Crippen LogP) is 15.6. The number of anilines is 10. The van der Waals surface area contributed by atoms with E-state index in [1.54, 1.807) is 0 Å². The molecule has 0 saturated carbocycles. The van der Waals surface area contributed by atoms with Crippen molar-refractivity contribution < 1.29 is 0 Å². The highest BCUT2D eigenvalue weighted by molar-refractivity contribution is 5.83. The first-order valence-electron chi connectivity index (χ1n) is 20.1. The molecule has 0 heterocycles. The molecule has 60 heavy (non-hydrogen) atoms. The van der Waals surface area contributed by atoms with Gasteiger partial charge in [-0.25, -0.2) is 0 Å². The number of para-hydroxylation sites is 4. The normalized spacial score (nSPS) is 11.4. The zero-order valence-corrected chi connectivity index (χ0v) is 33.9. The number of hydrogen-bond donors (Lipinski definition) is 0. The standard InChI is InChI=1S/C56H48N4/c1-5-9-24-45(8-4)57(47-25-14-10-15-26-47)51-33-35-54(36-34-51)60(55-41-37-52(38-42-55)58(46(22-6-2)23-7-3)48-27-16-11-17-28-48)56-43-39-53(40-44-56)59(49-29-18-12-19-30-49)50-31-20-13-21-32-50/h1,6-8,10-44H,2,4,9H2,3H3/b23-7-,45-24+,46-22+. The van der Waals surface area contributed by atoms with Crippen molar-refractivity contribution >= 4 is 56.9 Å². The largest absolute Gasteiger partial charge is 0.311 e. The van der Waals surface area contributed by atoms with Gasteiger partial charge in [0.2, 0.25) is 0 Å². The Bertz CT molecular complexity index is 2550. The summed E-state index contributed by atoms with van der Waals surface area (Å²) in [7, 11) is 0. The van der Waals surface area contributed by atoms with E-state index in [-0.39, 0.29) is 0 Å². The molecule has 0 radical (unpaired) electrons. The highest BCUT2D eigenvalue weighted by Crippen LogP contribution is 2.41. The Morgan fingerprint density at radius 1 is 0.450 bits per heavy atom. The van der Waals surface area contributed by atoms with Crippen molar-refractivity contribution in [1.29, 1.82) is 0 Å². The van der Waals surface area contributed by atoms with Crippen molar-refractivity contribution in [3.63, 3.8) is 0 Å². The van der Waals surface area contributed by atoms with Gasteiger partial charge in [-0.05, 0) is 153 Å². The molecule has 0 unspecified atom stereocenters. The summed E-state index contributed by atoms with van der Waals surface area (Å²) < 4.78 is 0. The third-order valence-electron chi connectivity index (χ3n) is 9.94. The molecule has 0 aliphatic carbocycles. The van der Waals surface area contributed by atoms with Gasteiger partial charge in [0.05, 0.1) is 0 Å². The minimum atomic E-state index is 0.496. The van der Waals surface area contributed by atoms with Crippen molar-refractivity contribution in [2.75, 3.05) is 19.6 Å². The highest BCUT2D eigenvalue weighted by atomic mass is 15.2. The van der Waals surface area contributed by atoms with Gasteiger partial charge in [-0.1, -0.05) is 98.1 Å². The maximum atomic E-state index is 5.69. The number of allylic oxidation sites excluding steroid dienone is 6. The Morgan fingerprint density at radius 3 is 1.07 bits per heavy atom. The van der Waals surface area contributed by atoms with Gasteiger partial charge >= 0.3 is 0 Å². The molecule has 7 rings (SSSR count). The van der Waals surface area contributed by atoms with Crippen LogP contribution in [0, 0.1) is 12.3 Å². The lowest BCUT2D eigenvalue weighted by Crippen LogP contribution is -2.16. The Morgan fingerprint density at radius 2 is 0.750 bits per heavy atom. The van der Waals surface area contributed by atoms with Gasteiger partial charge in [0.1, 0.15) is 0 Å². The van der Waals surface area contributed by atoms with E-state index in [0.717, 1.165) is 68.3 Å². The van der Waals surface area contributed by atoms with Crippen LogP contribution in [-0.2, 0) is 0 Å². The van der Waals surface area contributed by atoms with E-state index in [9.17, 15) is 0 Å². The Hall–Kier alpha value is -8.00. The highest BCUT2D eigenvalue weighted by Gasteiger charge is 2.19. The summed E-state index contributed by atoms with van der Waals surface area (Å²) in [5.74, 6) is 2.74. The fraction of sp³-hybridized carbons (Fsp3) is 0.0357. The van der Waals surface area contributed by atoms with Gasteiger partial charge in [-0.3, -0.25) is 0 Å². The summed E-state index contributed by atoms with van der Waals surface area (Å²) in [6.07, 6.45) is 18.1. The topological polar surface area (TPSA) is 13.0 Å². The number of nitrogens with zero attached hydrogens (tertiary/aromatic N) is 4. The van der Waals surface area contributed by atoms with Crippen LogP contribution in [0.5, 0.6) is 0 Å². The van der Waals surface area contributed by atoms with Crippen molar-refractivity contribution in [3.05, 3.63) is 255 Å². The van der Waals surface area contributed by atoms with Gasteiger partial charge in [0, 0.05) is 74.7 Å². The third-order valence-corrected chi connectivity index (χ3v) is 9.94. The lowest BCUT2D eigenvalue weighted by atomic mass is 10.1. The molecule has 0 fully saturated rings. The van der Waals surface area contributed by atoms with E-state index in [2.05, 4.69) is 202 Å². The average Bonchev–Trinajstić information content (AvgIpc) is 3.31. The Kier molecular flexibility index (Phi) is 13.3. The van der Waals surface area contributed by atoms with E-state index >= 15 is 0 Å². The molecule has 0 N–H and O–H groups in total. The smallest absolute Gasteiger partial charge is 0.0463 e. The van der Waals surface area contributed by atoms with Crippen LogP contribution in [0.1, 0.15) is 13.3 Å². The van der Waals surface area contributed by atoms with Gasteiger partial charge in [0.15, 0.2) is 0 Å². The van der Waals surface area contributed by atoms with Crippen LogP contribution in [0.15, 0.2) is 255 Å². The third kappa shape index (κ3) is 9.24. The van der Waals surface area contributed by atoms with Gasteiger partial charge in [-0.2, -0.15) is 0 Å². The van der Waals surface area contributed by atoms with Gasteiger partial charge in [0.25, 0.3) is 0 Å². The summed E-state index contributed by atoms with van der Waals surface area (Å²) in [6.45, 7) is 10.2. The summed E-state index contributed by atoms with van der Waals surface area (Å²) in [4.78, 5) is 8.99. The summed E-state index contributed by atoms with van der Waals surface area (Å²) in [5.41, 5.74) is 12.3. The average molecular weight is 777 g/mol. The van der Waals surface area contributed by atoms with Crippen LogP contribution in [0.25, 0.3) is 0 Å². The molecule has 0 aliphatic rings. The van der Waals surface area contributed by atoms with E-state index in [1.807, 2.05) is 73.7 Å². The van der Waals surface area contributed by atoms with Crippen molar-refractivity contribution in [2.24, 2.45) is 0 Å². The lowest BCUT2D eigenvalue weighted by molar-refractivity contribution is 1.18. The molecule has 4 heteroatoms. The molecule has 7 aromatic carbocycles. The molecule has 0 saturated heterocycles. The first kappa shape index (κ1) is 40.2.